The van der Waals surface area contributed by atoms with E-state index in [9.17, 15) is 13.2 Å². The largest absolute Gasteiger partial charge is 0.339 e. The number of carbonyl (C=O) groups is 1. The lowest BCUT2D eigenvalue weighted by Gasteiger charge is -2.24. The lowest BCUT2D eigenvalue weighted by atomic mass is 10.1. The number of carbonyl (C=O) groups excluding carboxylic acids is 1. The van der Waals surface area contributed by atoms with Crippen LogP contribution in [0.15, 0.2) is 23.1 Å². The van der Waals surface area contributed by atoms with Gasteiger partial charge >= 0.3 is 0 Å². The van der Waals surface area contributed by atoms with Crippen molar-refractivity contribution in [2.45, 2.75) is 32.1 Å². The molecule has 0 aliphatic rings. The topological polar surface area (TPSA) is 80.5 Å². The molecule has 7 heteroatoms. The van der Waals surface area contributed by atoms with E-state index in [0.717, 1.165) is 6.42 Å². The minimum Gasteiger partial charge on any atom is -0.339 e. The molecule has 1 atom stereocenters. The molecule has 1 amide bonds. The minimum atomic E-state index is -3.90. The number of halogens is 1. The van der Waals surface area contributed by atoms with Crippen LogP contribution >= 0.6 is 11.6 Å². The van der Waals surface area contributed by atoms with E-state index < -0.39 is 10.0 Å². The zero-order valence-corrected chi connectivity index (χ0v) is 14.0. The van der Waals surface area contributed by atoms with E-state index in [-0.39, 0.29) is 21.4 Å². The van der Waals surface area contributed by atoms with Gasteiger partial charge in [-0.3, -0.25) is 4.79 Å². The summed E-state index contributed by atoms with van der Waals surface area (Å²) >= 11 is 5.89. The van der Waals surface area contributed by atoms with E-state index in [1.807, 2.05) is 6.92 Å². The Morgan fingerprint density at radius 1 is 1.33 bits per heavy atom. The zero-order valence-electron chi connectivity index (χ0n) is 12.5. The molecule has 1 aromatic rings. The number of amides is 1. The second-order valence-electron chi connectivity index (χ2n) is 5.08. The maximum atomic E-state index is 12.5. The van der Waals surface area contributed by atoms with Gasteiger partial charge in [0.15, 0.2) is 0 Å². The minimum absolute atomic E-state index is 0.155. The van der Waals surface area contributed by atoms with Crippen LogP contribution in [-0.2, 0) is 10.0 Å². The first kappa shape index (κ1) is 17.9. The Labute approximate surface area is 131 Å². The molecule has 0 aromatic heterocycles. The zero-order chi connectivity index (χ0) is 16.2. The van der Waals surface area contributed by atoms with Crippen LogP contribution < -0.4 is 5.14 Å². The molecule has 0 heterocycles. The van der Waals surface area contributed by atoms with Crippen LogP contribution in [0, 0.1) is 5.92 Å². The molecule has 0 aliphatic carbocycles. The molecule has 0 radical (unpaired) electrons. The van der Waals surface area contributed by atoms with Gasteiger partial charge in [-0.1, -0.05) is 31.9 Å². The molecular formula is C14H21ClN2O3S. The van der Waals surface area contributed by atoms with Gasteiger partial charge in [0, 0.05) is 23.7 Å². The van der Waals surface area contributed by atoms with Crippen molar-refractivity contribution in [3.05, 3.63) is 28.8 Å². The highest BCUT2D eigenvalue weighted by atomic mass is 35.5. The molecule has 0 bridgehead atoms. The number of sulfonamides is 1. The van der Waals surface area contributed by atoms with E-state index >= 15 is 0 Å². The smallest absolute Gasteiger partial charge is 0.253 e. The number of rotatable bonds is 6. The van der Waals surface area contributed by atoms with E-state index in [0.29, 0.717) is 19.0 Å². The Morgan fingerprint density at radius 2 is 1.95 bits per heavy atom. The summed E-state index contributed by atoms with van der Waals surface area (Å²) < 4.78 is 22.8. The molecule has 118 valence electrons. The van der Waals surface area contributed by atoms with Gasteiger partial charge in [-0.15, -0.1) is 0 Å². The van der Waals surface area contributed by atoms with E-state index in [1.165, 1.54) is 18.2 Å². The molecule has 0 saturated heterocycles. The van der Waals surface area contributed by atoms with Gasteiger partial charge in [-0.05, 0) is 31.0 Å². The van der Waals surface area contributed by atoms with Gasteiger partial charge in [0.1, 0.15) is 0 Å². The Bertz CT molecular complexity index is 617. The number of nitrogens with two attached hydrogens (primary N) is 1. The summed E-state index contributed by atoms with van der Waals surface area (Å²) in [4.78, 5) is 14.0. The third kappa shape index (κ3) is 4.98. The van der Waals surface area contributed by atoms with Crippen LogP contribution in [0.4, 0.5) is 0 Å². The molecular weight excluding hydrogens is 312 g/mol. The third-order valence-electron chi connectivity index (χ3n) is 3.34. The standard InChI is InChI=1S/C14H21ClN2O3S/c1-4-10(3)9-17(5-2)14(18)11-6-12(15)8-13(7-11)21(16,19)20/h6-8,10H,4-5,9H2,1-3H3,(H2,16,19,20). The summed E-state index contributed by atoms with van der Waals surface area (Å²) in [6.07, 6.45) is 0.960. The first-order chi connectivity index (χ1) is 9.68. The summed E-state index contributed by atoms with van der Waals surface area (Å²) in [6, 6.07) is 3.96. The Balaban J connectivity index is 3.14. The fourth-order valence-electron chi connectivity index (χ4n) is 1.89. The molecule has 1 unspecified atom stereocenters. The number of primary sulfonamides is 1. The normalized spacial score (nSPS) is 13.0. The molecule has 2 N–H and O–H groups in total. The maximum absolute atomic E-state index is 12.5. The van der Waals surface area contributed by atoms with Crippen molar-refractivity contribution in [1.82, 2.24) is 4.90 Å². The van der Waals surface area contributed by atoms with Crippen LogP contribution in [0.5, 0.6) is 0 Å². The van der Waals surface area contributed by atoms with E-state index in [4.69, 9.17) is 16.7 Å². The highest BCUT2D eigenvalue weighted by molar-refractivity contribution is 7.89. The van der Waals surface area contributed by atoms with Gasteiger partial charge in [-0.25, -0.2) is 13.6 Å². The van der Waals surface area contributed by atoms with Crippen molar-refractivity contribution in [2.75, 3.05) is 13.1 Å². The van der Waals surface area contributed by atoms with Gasteiger partial charge in [0.05, 0.1) is 4.90 Å². The monoisotopic (exact) mass is 332 g/mol. The molecule has 5 nitrogen and oxygen atoms in total. The number of benzene rings is 1. The van der Waals surface area contributed by atoms with Crippen molar-refractivity contribution in [3.63, 3.8) is 0 Å². The highest BCUT2D eigenvalue weighted by Crippen LogP contribution is 2.20. The van der Waals surface area contributed by atoms with Crippen molar-refractivity contribution >= 4 is 27.5 Å². The maximum Gasteiger partial charge on any atom is 0.253 e. The average Bonchev–Trinajstić information content (AvgIpc) is 2.42. The first-order valence-electron chi connectivity index (χ1n) is 6.81. The summed E-state index contributed by atoms with van der Waals surface area (Å²) in [6.45, 7) is 7.15. The summed E-state index contributed by atoms with van der Waals surface area (Å²) in [7, 11) is -3.90. The quantitative estimate of drug-likeness (QED) is 0.869. The SMILES string of the molecule is CCC(C)CN(CC)C(=O)c1cc(Cl)cc(S(N)(=O)=O)c1. The number of nitrogens with zero attached hydrogens (tertiary/aromatic N) is 1. The Hall–Kier alpha value is -1.11. The van der Waals surface area contributed by atoms with Crippen molar-refractivity contribution in [2.24, 2.45) is 11.1 Å². The van der Waals surface area contributed by atoms with Crippen molar-refractivity contribution < 1.29 is 13.2 Å². The molecule has 0 spiro atoms. The number of hydrogen-bond donors (Lipinski definition) is 1. The molecule has 0 fully saturated rings. The molecule has 0 saturated carbocycles. The van der Waals surface area contributed by atoms with Crippen LogP contribution in [0.25, 0.3) is 0 Å². The fraction of sp³-hybridized carbons (Fsp3) is 0.500. The van der Waals surface area contributed by atoms with Gasteiger partial charge in [-0.2, -0.15) is 0 Å². The van der Waals surface area contributed by atoms with Crippen molar-refractivity contribution in [1.29, 1.82) is 0 Å². The van der Waals surface area contributed by atoms with Crippen molar-refractivity contribution in [3.8, 4) is 0 Å². The predicted octanol–water partition coefficient (Wildman–Crippen LogP) is 2.50. The molecule has 0 aliphatic heterocycles. The number of hydrogen-bond acceptors (Lipinski definition) is 3. The van der Waals surface area contributed by atoms with Crippen LogP contribution in [0.1, 0.15) is 37.6 Å². The van der Waals surface area contributed by atoms with Gasteiger partial charge in [0.25, 0.3) is 5.91 Å². The highest BCUT2D eigenvalue weighted by Gasteiger charge is 2.19. The molecule has 1 rings (SSSR count). The molecule has 21 heavy (non-hydrogen) atoms. The lowest BCUT2D eigenvalue weighted by molar-refractivity contribution is 0.0740. The van der Waals surface area contributed by atoms with E-state index in [1.54, 1.807) is 4.90 Å². The summed E-state index contributed by atoms with van der Waals surface area (Å²) in [5, 5.41) is 5.27. The predicted molar refractivity (Wildman–Crippen MR) is 83.9 cm³/mol. The van der Waals surface area contributed by atoms with Crippen LogP contribution in [0.3, 0.4) is 0 Å². The first-order valence-corrected chi connectivity index (χ1v) is 8.74. The third-order valence-corrected chi connectivity index (χ3v) is 4.46. The van der Waals surface area contributed by atoms with E-state index in [2.05, 4.69) is 13.8 Å². The van der Waals surface area contributed by atoms with Gasteiger partial charge < -0.3 is 4.90 Å². The second kappa shape index (κ2) is 7.24. The van der Waals surface area contributed by atoms with Gasteiger partial charge in [0.2, 0.25) is 10.0 Å². The average molecular weight is 333 g/mol. The Morgan fingerprint density at radius 3 is 2.43 bits per heavy atom. The fourth-order valence-corrected chi connectivity index (χ4v) is 2.78. The Kier molecular flexibility index (Phi) is 6.19. The van der Waals surface area contributed by atoms with Crippen LogP contribution in [-0.4, -0.2) is 32.3 Å². The van der Waals surface area contributed by atoms with Crippen LogP contribution in [0.2, 0.25) is 5.02 Å². The molecule has 1 aromatic carbocycles. The summed E-state index contributed by atoms with van der Waals surface area (Å²) in [5.74, 6) is 0.121. The lowest BCUT2D eigenvalue weighted by Crippen LogP contribution is -2.34. The second-order valence-corrected chi connectivity index (χ2v) is 7.08. The summed E-state index contributed by atoms with van der Waals surface area (Å²) in [5.41, 5.74) is 0.233.